The molecule has 0 spiro atoms. The third kappa shape index (κ3) is 3.55. The Hall–Kier alpha value is -3.23. The minimum atomic E-state index is -3.83. The highest BCUT2D eigenvalue weighted by atomic mass is 32.2. The van der Waals surface area contributed by atoms with E-state index in [0.29, 0.717) is 11.8 Å². The van der Waals surface area contributed by atoms with Gasteiger partial charge in [-0.1, -0.05) is 66.7 Å². The molecule has 3 aromatic carbocycles. The molecule has 5 rings (SSSR count). The van der Waals surface area contributed by atoms with Gasteiger partial charge in [0.1, 0.15) is 12.1 Å². The van der Waals surface area contributed by atoms with Crippen molar-refractivity contribution in [3.8, 4) is 0 Å². The number of fused-ring (bicyclic) bond motifs is 2. The highest BCUT2D eigenvalue weighted by Gasteiger charge is 2.45. The fourth-order valence-electron chi connectivity index (χ4n) is 4.54. The number of nitrogens with one attached hydrogen (secondary N) is 1. The van der Waals surface area contributed by atoms with E-state index in [1.807, 2.05) is 48.5 Å². The first kappa shape index (κ1) is 20.7. The highest BCUT2D eigenvalue weighted by molar-refractivity contribution is 7.89. The fraction of sp³-hybridized carbons (Fsp3) is 0.250. The van der Waals surface area contributed by atoms with Gasteiger partial charge in [0, 0.05) is 31.4 Å². The molecule has 8 heteroatoms. The van der Waals surface area contributed by atoms with Crippen molar-refractivity contribution in [1.29, 1.82) is 0 Å². The van der Waals surface area contributed by atoms with Crippen LogP contribution in [0.15, 0.2) is 77.7 Å². The molecule has 0 unspecified atom stereocenters. The van der Waals surface area contributed by atoms with E-state index in [0.717, 1.165) is 10.9 Å². The molecule has 2 aliphatic heterocycles. The van der Waals surface area contributed by atoms with Gasteiger partial charge >= 0.3 is 0 Å². The predicted molar refractivity (Wildman–Crippen MR) is 120 cm³/mol. The van der Waals surface area contributed by atoms with Gasteiger partial charge in [0.25, 0.3) is 0 Å². The van der Waals surface area contributed by atoms with E-state index in [4.69, 9.17) is 0 Å². The summed E-state index contributed by atoms with van der Waals surface area (Å²) in [7, 11) is -3.83. The number of hydrogen-bond donors (Lipinski definition) is 1. The maximum atomic E-state index is 13.5. The van der Waals surface area contributed by atoms with Crippen molar-refractivity contribution in [3.05, 3.63) is 78.4 Å². The molecule has 0 aliphatic carbocycles. The first-order valence-corrected chi connectivity index (χ1v) is 12.0. The number of carbonyl (C=O) groups is 2. The number of piperazine rings is 2. The largest absolute Gasteiger partial charge is 0.342 e. The monoisotopic (exact) mass is 449 g/mol. The highest BCUT2D eigenvalue weighted by Crippen LogP contribution is 2.28. The van der Waals surface area contributed by atoms with E-state index >= 15 is 0 Å². The molecule has 2 heterocycles. The van der Waals surface area contributed by atoms with Crippen molar-refractivity contribution in [2.75, 3.05) is 19.6 Å². The lowest BCUT2D eigenvalue weighted by Gasteiger charge is -2.44. The van der Waals surface area contributed by atoms with E-state index in [9.17, 15) is 18.0 Å². The first-order valence-electron chi connectivity index (χ1n) is 10.6. The van der Waals surface area contributed by atoms with Crippen LogP contribution in [-0.4, -0.2) is 61.2 Å². The molecule has 0 bridgehead atoms. The second kappa shape index (κ2) is 8.03. The van der Waals surface area contributed by atoms with Crippen LogP contribution >= 0.6 is 0 Å². The van der Waals surface area contributed by atoms with Crippen LogP contribution in [0.5, 0.6) is 0 Å². The van der Waals surface area contributed by atoms with Crippen molar-refractivity contribution < 1.29 is 18.0 Å². The summed E-state index contributed by atoms with van der Waals surface area (Å²) in [6.45, 7) is 0.284. The van der Waals surface area contributed by atoms with Crippen molar-refractivity contribution in [2.24, 2.45) is 0 Å². The van der Waals surface area contributed by atoms with Gasteiger partial charge in [-0.25, -0.2) is 8.42 Å². The molecular formula is C24H23N3O4S. The summed E-state index contributed by atoms with van der Waals surface area (Å²) < 4.78 is 28.2. The van der Waals surface area contributed by atoms with Gasteiger partial charge in [0.2, 0.25) is 21.8 Å². The van der Waals surface area contributed by atoms with E-state index in [-0.39, 0.29) is 36.3 Å². The molecule has 2 amide bonds. The summed E-state index contributed by atoms with van der Waals surface area (Å²) in [6.07, 6.45) is 0.409. The quantitative estimate of drug-likeness (QED) is 0.658. The van der Waals surface area contributed by atoms with Gasteiger partial charge in [-0.05, 0) is 17.0 Å². The van der Waals surface area contributed by atoms with E-state index in [2.05, 4.69) is 5.32 Å². The third-order valence-corrected chi connectivity index (χ3v) is 8.12. The molecule has 2 fully saturated rings. The lowest BCUT2D eigenvalue weighted by atomic mass is 9.99. The topological polar surface area (TPSA) is 86.8 Å². The van der Waals surface area contributed by atoms with Crippen LogP contribution in [0, 0.1) is 0 Å². The Morgan fingerprint density at radius 2 is 1.59 bits per heavy atom. The van der Waals surface area contributed by atoms with E-state index in [1.54, 1.807) is 24.3 Å². The normalized spacial score (nSPS) is 21.9. The Bertz CT molecular complexity index is 1290. The molecule has 7 nitrogen and oxygen atoms in total. The van der Waals surface area contributed by atoms with Gasteiger partial charge in [-0.15, -0.1) is 0 Å². The van der Waals surface area contributed by atoms with Gasteiger partial charge < -0.3 is 10.2 Å². The van der Waals surface area contributed by atoms with Crippen LogP contribution < -0.4 is 5.32 Å². The van der Waals surface area contributed by atoms with Crippen LogP contribution in [0.1, 0.15) is 5.56 Å². The number of carbonyl (C=O) groups excluding carboxylic acids is 2. The van der Waals surface area contributed by atoms with Crippen molar-refractivity contribution in [1.82, 2.24) is 14.5 Å². The van der Waals surface area contributed by atoms with E-state index in [1.165, 1.54) is 9.21 Å². The summed E-state index contributed by atoms with van der Waals surface area (Å²) in [5, 5.41) is 4.28. The zero-order valence-electron chi connectivity index (χ0n) is 17.3. The Morgan fingerprint density at radius 1 is 0.875 bits per heavy atom. The second-order valence-electron chi connectivity index (χ2n) is 8.14. The number of amides is 2. The zero-order valence-corrected chi connectivity index (χ0v) is 18.2. The number of benzene rings is 3. The second-order valence-corrected chi connectivity index (χ2v) is 10.0. The van der Waals surface area contributed by atoms with Crippen LogP contribution in [0.4, 0.5) is 0 Å². The van der Waals surface area contributed by atoms with Gasteiger partial charge in [0.15, 0.2) is 0 Å². The number of rotatable bonds is 4. The maximum Gasteiger partial charge on any atom is 0.246 e. The van der Waals surface area contributed by atoms with Crippen molar-refractivity contribution in [3.63, 3.8) is 0 Å². The molecule has 0 aromatic heterocycles. The van der Waals surface area contributed by atoms with Crippen LogP contribution in [0.2, 0.25) is 0 Å². The maximum absolute atomic E-state index is 13.5. The van der Waals surface area contributed by atoms with Gasteiger partial charge in [0.05, 0.1) is 4.90 Å². The Labute approximate surface area is 186 Å². The smallest absolute Gasteiger partial charge is 0.246 e. The summed E-state index contributed by atoms with van der Waals surface area (Å²) >= 11 is 0. The van der Waals surface area contributed by atoms with Crippen LogP contribution in [0.25, 0.3) is 10.8 Å². The van der Waals surface area contributed by atoms with Crippen molar-refractivity contribution in [2.45, 2.75) is 23.4 Å². The van der Waals surface area contributed by atoms with Gasteiger partial charge in [-0.2, -0.15) is 4.31 Å². The molecule has 2 atom stereocenters. The molecule has 2 saturated heterocycles. The summed E-state index contributed by atoms with van der Waals surface area (Å²) in [4.78, 5) is 27.7. The average Bonchev–Trinajstić information content (AvgIpc) is 2.82. The van der Waals surface area contributed by atoms with Crippen LogP contribution in [0.3, 0.4) is 0 Å². The van der Waals surface area contributed by atoms with Gasteiger partial charge in [-0.3, -0.25) is 9.59 Å². The lowest BCUT2D eigenvalue weighted by Crippen LogP contribution is -2.69. The average molecular weight is 450 g/mol. The number of nitrogens with zero attached hydrogens (tertiary/aromatic N) is 2. The summed E-state index contributed by atoms with van der Waals surface area (Å²) in [5.41, 5.74) is 0.960. The minimum Gasteiger partial charge on any atom is -0.342 e. The van der Waals surface area contributed by atoms with E-state index < -0.39 is 22.1 Å². The first-order chi connectivity index (χ1) is 15.4. The number of sulfonamides is 1. The molecule has 32 heavy (non-hydrogen) atoms. The summed E-state index contributed by atoms with van der Waals surface area (Å²) in [6, 6.07) is 20.5. The molecule has 3 aromatic rings. The molecule has 0 saturated carbocycles. The number of hydrogen-bond acceptors (Lipinski definition) is 4. The fourth-order valence-corrected chi connectivity index (χ4v) is 6.19. The predicted octanol–water partition coefficient (Wildman–Crippen LogP) is 1.78. The molecule has 0 radical (unpaired) electrons. The summed E-state index contributed by atoms with van der Waals surface area (Å²) in [5.74, 6) is -0.482. The Kier molecular flexibility index (Phi) is 5.19. The van der Waals surface area contributed by atoms with Crippen molar-refractivity contribution >= 4 is 32.6 Å². The molecular weight excluding hydrogens is 426 g/mol. The van der Waals surface area contributed by atoms with Crippen LogP contribution in [-0.2, 0) is 26.0 Å². The standard InChI is InChI=1S/C24H23N3O4S/c28-23-21-16-26(32(30,31)22-12-6-10-18-9-4-5-11-19(18)22)13-14-27(21)24(29)20(25-23)15-17-7-2-1-3-8-17/h1-12,20-21H,13-16H2,(H,25,28)/t20-,21-/m1/s1. The molecule has 164 valence electrons. The minimum absolute atomic E-state index is 0.0544. The lowest BCUT2D eigenvalue weighted by molar-refractivity contribution is -0.151. The third-order valence-electron chi connectivity index (χ3n) is 6.19. The SMILES string of the molecule is O=C1N[C@H](Cc2ccccc2)C(=O)N2CCN(S(=O)(=O)c3cccc4ccccc34)C[C@H]12. The Balaban J connectivity index is 1.38. The molecule has 2 aliphatic rings. The zero-order chi connectivity index (χ0) is 22.3. The molecule has 1 N–H and O–H groups in total. The Morgan fingerprint density at radius 3 is 2.41 bits per heavy atom.